The number of hydrogen-bond donors (Lipinski definition) is 1. The zero-order valence-corrected chi connectivity index (χ0v) is 10.7. The van der Waals surface area contributed by atoms with Crippen LogP contribution < -0.4 is 5.73 Å². The largest absolute Gasteiger partial charge is 0.466 e. The van der Waals surface area contributed by atoms with E-state index >= 15 is 0 Å². The van der Waals surface area contributed by atoms with Gasteiger partial charge in [0.25, 0.3) is 0 Å². The van der Waals surface area contributed by atoms with Crippen molar-refractivity contribution in [1.82, 2.24) is 0 Å². The van der Waals surface area contributed by atoms with Gasteiger partial charge >= 0.3 is 11.9 Å². The first-order chi connectivity index (χ1) is 8.51. The lowest BCUT2D eigenvalue weighted by atomic mass is 10.3. The molecule has 0 aliphatic heterocycles. The summed E-state index contributed by atoms with van der Waals surface area (Å²) in [7, 11) is 2.49. The van der Waals surface area contributed by atoms with Crippen LogP contribution in [0.1, 0.15) is 6.92 Å². The van der Waals surface area contributed by atoms with Gasteiger partial charge in [0, 0.05) is 17.3 Å². The fourth-order valence-electron chi connectivity index (χ4n) is 0.909. The molecule has 0 aliphatic rings. The molecule has 0 spiro atoms. The van der Waals surface area contributed by atoms with Crippen LogP contribution in [-0.4, -0.2) is 26.2 Å². The fourth-order valence-corrected chi connectivity index (χ4v) is 0.909. The van der Waals surface area contributed by atoms with Crippen LogP contribution in [0.4, 0.5) is 5.69 Å². The highest BCUT2D eigenvalue weighted by molar-refractivity contribution is 5.95. The van der Waals surface area contributed by atoms with Gasteiger partial charge in [0.15, 0.2) is 0 Å². The molecule has 1 aromatic rings. The summed E-state index contributed by atoms with van der Waals surface area (Å²) in [4.78, 5) is 21.2. The molecule has 1 rings (SSSR count). The number of carbonyl (C=O) groups is 2. The van der Waals surface area contributed by atoms with Crippen LogP contribution >= 0.6 is 0 Å². The van der Waals surface area contributed by atoms with Gasteiger partial charge in [-0.1, -0.05) is 18.2 Å². The molecule has 98 valence electrons. The number of rotatable bonds is 2. The van der Waals surface area contributed by atoms with Crippen LogP contribution in [0.5, 0.6) is 0 Å². The molecule has 5 heteroatoms. The maximum absolute atomic E-state index is 10.7. The monoisotopic (exact) mass is 251 g/mol. The van der Waals surface area contributed by atoms with E-state index in [1.54, 1.807) is 0 Å². The minimum atomic E-state index is -0.562. The Morgan fingerprint density at radius 2 is 1.67 bits per heavy atom. The van der Waals surface area contributed by atoms with Crippen LogP contribution in [0.25, 0.3) is 0 Å². The van der Waals surface area contributed by atoms with E-state index in [-0.39, 0.29) is 5.57 Å². The second-order valence-electron chi connectivity index (χ2n) is 3.25. The molecule has 18 heavy (non-hydrogen) atoms. The van der Waals surface area contributed by atoms with Crippen LogP contribution in [0.15, 0.2) is 42.0 Å². The summed E-state index contributed by atoms with van der Waals surface area (Å²) in [5.74, 6) is -1.09. The Hall–Kier alpha value is -2.30. The van der Waals surface area contributed by atoms with Gasteiger partial charge in [-0.2, -0.15) is 0 Å². The summed E-state index contributed by atoms with van der Waals surface area (Å²) in [5.41, 5.74) is 6.40. The third kappa shape index (κ3) is 7.05. The van der Waals surface area contributed by atoms with Crippen molar-refractivity contribution >= 4 is 17.6 Å². The summed E-state index contributed by atoms with van der Waals surface area (Å²) in [6, 6.07) is 9.49. The van der Waals surface area contributed by atoms with Gasteiger partial charge in [0.1, 0.15) is 0 Å². The SMILES string of the molecule is COC(=O)/C=C(/C)C(=O)OC.Nc1ccccc1. The number of benzene rings is 1. The maximum atomic E-state index is 10.7. The molecule has 0 amide bonds. The molecular weight excluding hydrogens is 234 g/mol. The molecule has 1 aromatic carbocycles. The molecule has 0 fully saturated rings. The van der Waals surface area contributed by atoms with Crippen molar-refractivity contribution in [1.29, 1.82) is 0 Å². The van der Waals surface area contributed by atoms with Gasteiger partial charge in [-0.15, -0.1) is 0 Å². The number of esters is 2. The average molecular weight is 251 g/mol. The van der Waals surface area contributed by atoms with E-state index in [2.05, 4.69) is 9.47 Å². The number of para-hydroxylation sites is 1. The topological polar surface area (TPSA) is 78.6 Å². The Morgan fingerprint density at radius 1 is 1.11 bits per heavy atom. The highest BCUT2D eigenvalue weighted by atomic mass is 16.5. The van der Waals surface area contributed by atoms with Gasteiger partial charge in [0.2, 0.25) is 0 Å². The highest BCUT2D eigenvalue weighted by Gasteiger charge is 2.05. The number of nitrogen functional groups attached to an aromatic ring is 1. The van der Waals surface area contributed by atoms with Crippen LogP contribution in [0.3, 0.4) is 0 Å². The van der Waals surface area contributed by atoms with Crippen molar-refractivity contribution in [2.75, 3.05) is 20.0 Å². The van der Waals surface area contributed by atoms with Crippen LogP contribution in [-0.2, 0) is 19.1 Å². The van der Waals surface area contributed by atoms with E-state index < -0.39 is 11.9 Å². The summed E-state index contributed by atoms with van der Waals surface area (Å²) >= 11 is 0. The Balaban J connectivity index is 0.000000351. The maximum Gasteiger partial charge on any atom is 0.333 e. The van der Waals surface area contributed by atoms with Crippen LogP contribution in [0.2, 0.25) is 0 Å². The molecular formula is C13H17NO4. The molecule has 0 heterocycles. The molecule has 5 nitrogen and oxygen atoms in total. The van der Waals surface area contributed by atoms with Crippen LogP contribution in [0, 0.1) is 0 Å². The molecule has 2 N–H and O–H groups in total. The lowest BCUT2D eigenvalue weighted by molar-refractivity contribution is -0.138. The predicted molar refractivity (Wildman–Crippen MR) is 68.6 cm³/mol. The van der Waals surface area contributed by atoms with Crippen molar-refractivity contribution in [2.24, 2.45) is 0 Å². The Kier molecular flexibility index (Phi) is 7.68. The van der Waals surface area contributed by atoms with Crippen molar-refractivity contribution < 1.29 is 19.1 Å². The van der Waals surface area contributed by atoms with E-state index in [1.165, 1.54) is 21.1 Å². The first kappa shape index (κ1) is 15.7. The molecule has 0 bridgehead atoms. The molecule has 0 atom stereocenters. The first-order valence-electron chi connectivity index (χ1n) is 5.16. The van der Waals surface area contributed by atoms with E-state index in [4.69, 9.17) is 5.73 Å². The van der Waals surface area contributed by atoms with E-state index in [1.807, 2.05) is 30.3 Å². The van der Waals surface area contributed by atoms with E-state index in [0.717, 1.165) is 11.8 Å². The zero-order chi connectivity index (χ0) is 14.0. The standard InChI is InChI=1S/C7H10O4.C6H7N/c1-5(7(9)11-3)4-6(8)10-2;7-6-4-2-1-3-5-6/h4H,1-3H3;1-5H,7H2/b5-4-;. The lowest BCUT2D eigenvalue weighted by Gasteiger charge is -1.96. The van der Waals surface area contributed by atoms with E-state index in [9.17, 15) is 9.59 Å². The van der Waals surface area contributed by atoms with E-state index in [0.29, 0.717) is 0 Å². The number of ether oxygens (including phenoxy) is 2. The average Bonchev–Trinajstić information content (AvgIpc) is 2.39. The number of hydrogen-bond acceptors (Lipinski definition) is 5. The quantitative estimate of drug-likeness (QED) is 0.490. The second kappa shape index (κ2) is 8.81. The molecule has 0 radical (unpaired) electrons. The highest BCUT2D eigenvalue weighted by Crippen LogP contribution is 1.96. The fraction of sp³-hybridized carbons (Fsp3) is 0.231. The van der Waals surface area contributed by atoms with Gasteiger partial charge < -0.3 is 15.2 Å². The van der Waals surface area contributed by atoms with Gasteiger partial charge in [0.05, 0.1) is 14.2 Å². The first-order valence-corrected chi connectivity index (χ1v) is 5.16. The third-order valence-corrected chi connectivity index (χ3v) is 1.84. The van der Waals surface area contributed by atoms with Gasteiger partial charge in [-0.25, -0.2) is 9.59 Å². The molecule has 0 saturated carbocycles. The molecule has 0 aromatic heterocycles. The predicted octanol–water partition coefficient (Wildman–Crippen LogP) is 1.55. The number of anilines is 1. The number of methoxy groups -OCH3 is 2. The summed E-state index contributed by atoms with van der Waals surface area (Å²) in [6.45, 7) is 1.47. The smallest absolute Gasteiger partial charge is 0.333 e. The van der Waals surface area contributed by atoms with Crippen molar-refractivity contribution in [3.63, 3.8) is 0 Å². The Morgan fingerprint density at radius 3 is 2.00 bits per heavy atom. The normalized spacial score (nSPS) is 9.83. The lowest BCUT2D eigenvalue weighted by Crippen LogP contribution is -2.05. The minimum absolute atomic E-state index is 0.222. The zero-order valence-electron chi connectivity index (χ0n) is 10.7. The Bertz CT molecular complexity index is 412. The summed E-state index contributed by atoms with van der Waals surface area (Å²) in [5, 5.41) is 0. The number of carbonyl (C=O) groups excluding carboxylic acids is 2. The minimum Gasteiger partial charge on any atom is -0.466 e. The van der Waals surface area contributed by atoms with Gasteiger partial charge in [-0.3, -0.25) is 0 Å². The molecule has 0 aliphatic carbocycles. The van der Waals surface area contributed by atoms with Crippen molar-refractivity contribution in [3.05, 3.63) is 42.0 Å². The van der Waals surface area contributed by atoms with Crippen molar-refractivity contribution in [2.45, 2.75) is 6.92 Å². The number of nitrogens with two attached hydrogens (primary N) is 1. The summed E-state index contributed by atoms with van der Waals surface area (Å²) < 4.78 is 8.63. The second-order valence-corrected chi connectivity index (χ2v) is 3.25. The molecule has 0 saturated heterocycles. The Labute approximate surface area is 106 Å². The summed E-state index contributed by atoms with van der Waals surface area (Å²) in [6.07, 6.45) is 1.08. The van der Waals surface area contributed by atoms with Gasteiger partial charge in [-0.05, 0) is 19.1 Å². The third-order valence-electron chi connectivity index (χ3n) is 1.84. The molecule has 0 unspecified atom stereocenters. The van der Waals surface area contributed by atoms with Crippen molar-refractivity contribution in [3.8, 4) is 0 Å².